The highest BCUT2D eigenvalue weighted by atomic mass is 32.2. The number of rotatable bonds is 8. The van der Waals surface area contributed by atoms with E-state index >= 15 is 0 Å². The Bertz CT molecular complexity index is 1500. The molecule has 0 radical (unpaired) electrons. The molecule has 0 saturated carbocycles. The fourth-order valence-electron chi connectivity index (χ4n) is 4.27. The number of nitrogens with zero attached hydrogens (tertiary/aromatic N) is 1. The summed E-state index contributed by atoms with van der Waals surface area (Å²) in [7, 11) is -9.00. The highest BCUT2D eigenvalue weighted by Gasteiger charge is 2.39. The molecule has 1 fully saturated rings. The molecule has 0 aliphatic carbocycles. The second-order valence-corrected chi connectivity index (χ2v) is 12.6. The summed E-state index contributed by atoms with van der Waals surface area (Å²) in [6.07, 6.45) is -4.49. The van der Waals surface area contributed by atoms with E-state index < -0.39 is 47.4 Å². The van der Waals surface area contributed by atoms with Gasteiger partial charge in [-0.1, -0.05) is 48.5 Å². The van der Waals surface area contributed by atoms with Crippen molar-refractivity contribution in [3.05, 3.63) is 90.0 Å². The number of hydrogen-bond donors (Lipinski definition) is 1. The minimum atomic E-state index is -5.03. The Balaban J connectivity index is 1.53. The maximum Gasteiger partial charge on any atom is 0.417 e. The van der Waals surface area contributed by atoms with Gasteiger partial charge in [0, 0.05) is 24.7 Å². The van der Waals surface area contributed by atoms with E-state index in [2.05, 4.69) is 4.72 Å². The topological polar surface area (TPSA) is 101 Å². The first-order valence-corrected chi connectivity index (χ1v) is 14.7. The molecule has 0 atom stereocenters. The van der Waals surface area contributed by atoms with Gasteiger partial charge in [-0.15, -0.1) is 0 Å². The standard InChI is InChI=1S/C26H25F3N2O5S2/c27-26(28,29)23-12-11-22(37(33,34)21-9-5-2-6-10-21)17-25(23)38(35,36)30-20-13-15-31(16-14-20)18-24(32)19-7-3-1-4-8-19/h1-12,17,20,30H,13-16,18H2. The molecule has 1 saturated heterocycles. The molecule has 1 N–H and O–H groups in total. The molecule has 1 aliphatic heterocycles. The van der Waals surface area contributed by atoms with Crippen LogP contribution < -0.4 is 4.72 Å². The van der Waals surface area contributed by atoms with Gasteiger partial charge >= 0.3 is 6.18 Å². The first-order chi connectivity index (χ1) is 17.9. The average Bonchev–Trinajstić information content (AvgIpc) is 2.90. The Morgan fingerprint density at radius 1 is 0.842 bits per heavy atom. The number of likely N-dealkylation sites (tertiary alicyclic amines) is 1. The number of benzene rings is 3. The summed E-state index contributed by atoms with van der Waals surface area (Å²) in [5.41, 5.74) is -0.900. The normalized spacial score (nSPS) is 15.9. The molecule has 0 spiro atoms. The van der Waals surface area contributed by atoms with Crippen molar-refractivity contribution in [1.29, 1.82) is 0 Å². The quantitative estimate of drug-likeness (QED) is 0.411. The summed E-state index contributed by atoms with van der Waals surface area (Å²) in [4.78, 5) is 12.4. The van der Waals surface area contributed by atoms with Crippen molar-refractivity contribution >= 4 is 25.6 Å². The average molecular weight is 567 g/mol. The summed E-state index contributed by atoms with van der Waals surface area (Å²) >= 11 is 0. The maximum atomic E-state index is 13.7. The number of Topliss-reactive ketones (excluding diaryl/α,β-unsaturated/α-hetero) is 1. The minimum absolute atomic E-state index is 0.0871. The molecule has 0 unspecified atom stereocenters. The van der Waals surface area contributed by atoms with Crippen LogP contribution in [0.1, 0.15) is 28.8 Å². The highest BCUT2D eigenvalue weighted by Crippen LogP contribution is 2.36. The van der Waals surface area contributed by atoms with Crippen molar-refractivity contribution in [1.82, 2.24) is 9.62 Å². The van der Waals surface area contributed by atoms with Gasteiger partial charge in [-0.25, -0.2) is 21.6 Å². The van der Waals surface area contributed by atoms with E-state index in [1.165, 1.54) is 24.3 Å². The van der Waals surface area contributed by atoms with Crippen molar-refractivity contribution in [3.8, 4) is 0 Å². The second-order valence-electron chi connectivity index (χ2n) is 8.93. The predicted octanol–water partition coefficient (Wildman–Crippen LogP) is 4.16. The van der Waals surface area contributed by atoms with E-state index in [9.17, 15) is 34.8 Å². The first kappa shape index (κ1) is 28.0. The van der Waals surface area contributed by atoms with Crippen LogP contribution in [0.5, 0.6) is 0 Å². The van der Waals surface area contributed by atoms with Crippen molar-refractivity contribution in [2.45, 2.75) is 39.7 Å². The van der Waals surface area contributed by atoms with Gasteiger partial charge in [0.05, 0.1) is 26.8 Å². The van der Waals surface area contributed by atoms with Crippen molar-refractivity contribution in [2.75, 3.05) is 19.6 Å². The summed E-state index contributed by atoms with van der Waals surface area (Å²) in [5, 5.41) is 0. The largest absolute Gasteiger partial charge is 0.417 e. The number of halogens is 3. The Labute approximate surface area is 219 Å². The molecular weight excluding hydrogens is 541 g/mol. The smallest absolute Gasteiger partial charge is 0.296 e. The molecule has 7 nitrogen and oxygen atoms in total. The lowest BCUT2D eigenvalue weighted by Gasteiger charge is -2.32. The van der Waals surface area contributed by atoms with E-state index in [0.717, 1.165) is 6.07 Å². The SMILES string of the molecule is O=C(CN1CCC(NS(=O)(=O)c2cc(S(=O)(=O)c3ccccc3)ccc2C(F)(F)F)CC1)c1ccccc1. The van der Waals surface area contributed by atoms with Crippen LogP contribution in [0.4, 0.5) is 13.2 Å². The summed E-state index contributed by atoms with van der Waals surface area (Å²) < 4.78 is 95.8. The van der Waals surface area contributed by atoms with Crippen LogP contribution in [-0.2, 0) is 26.0 Å². The van der Waals surface area contributed by atoms with Gasteiger partial charge in [0.2, 0.25) is 19.9 Å². The van der Waals surface area contributed by atoms with Gasteiger partial charge in [-0.3, -0.25) is 9.69 Å². The molecule has 1 aliphatic rings. The summed E-state index contributed by atoms with van der Waals surface area (Å²) in [6, 6.07) is 16.8. The zero-order chi connectivity index (χ0) is 27.6. The fourth-order valence-corrected chi connectivity index (χ4v) is 7.21. The van der Waals surface area contributed by atoms with E-state index in [1.54, 1.807) is 36.4 Å². The number of carbonyl (C=O) groups excluding carboxylic acids is 1. The zero-order valence-corrected chi connectivity index (χ0v) is 21.7. The number of sulfone groups is 1. The molecule has 3 aromatic rings. The molecular formula is C26H25F3N2O5S2. The lowest BCUT2D eigenvalue weighted by molar-refractivity contribution is -0.139. The predicted molar refractivity (Wildman–Crippen MR) is 134 cm³/mol. The second kappa shape index (κ2) is 11.0. The first-order valence-electron chi connectivity index (χ1n) is 11.7. The van der Waals surface area contributed by atoms with Crippen LogP contribution in [0.3, 0.4) is 0 Å². The van der Waals surface area contributed by atoms with E-state index in [1.807, 2.05) is 4.90 Å². The van der Waals surface area contributed by atoms with Crippen LogP contribution in [-0.4, -0.2) is 53.2 Å². The number of hydrogen-bond acceptors (Lipinski definition) is 6. The van der Waals surface area contributed by atoms with Crippen LogP contribution in [0.2, 0.25) is 0 Å². The van der Waals surface area contributed by atoms with Gasteiger partial charge in [-0.05, 0) is 43.2 Å². The molecule has 202 valence electrons. The van der Waals surface area contributed by atoms with Crippen LogP contribution in [0.25, 0.3) is 0 Å². The summed E-state index contributed by atoms with van der Waals surface area (Å²) in [6.45, 7) is 0.863. The Morgan fingerprint density at radius 3 is 2.00 bits per heavy atom. The number of ketones is 1. The third-order valence-corrected chi connectivity index (χ3v) is 9.61. The number of carbonyl (C=O) groups is 1. The number of sulfonamides is 1. The monoisotopic (exact) mass is 566 g/mol. The summed E-state index contributed by atoms with van der Waals surface area (Å²) in [5.74, 6) is -0.0871. The number of nitrogens with one attached hydrogen (secondary N) is 1. The molecule has 0 amide bonds. The molecule has 12 heteroatoms. The fraction of sp³-hybridized carbons (Fsp3) is 0.269. The van der Waals surface area contributed by atoms with Gasteiger partial charge in [0.15, 0.2) is 5.78 Å². The highest BCUT2D eigenvalue weighted by molar-refractivity contribution is 7.91. The molecule has 3 aromatic carbocycles. The molecule has 0 bridgehead atoms. The van der Waals surface area contributed by atoms with E-state index in [0.29, 0.717) is 30.8 Å². The van der Waals surface area contributed by atoms with Crippen LogP contribution in [0.15, 0.2) is 93.5 Å². The minimum Gasteiger partial charge on any atom is -0.296 e. The Hall–Kier alpha value is -3.06. The molecule has 1 heterocycles. The van der Waals surface area contributed by atoms with Gasteiger partial charge in [-0.2, -0.15) is 13.2 Å². The lowest BCUT2D eigenvalue weighted by atomic mass is 10.0. The third kappa shape index (κ3) is 6.32. The Morgan fingerprint density at radius 2 is 1.42 bits per heavy atom. The van der Waals surface area contributed by atoms with Crippen LogP contribution >= 0.6 is 0 Å². The van der Waals surface area contributed by atoms with Crippen molar-refractivity contribution in [3.63, 3.8) is 0 Å². The molecule has 4 rings (SSSR count). The van der Waals surface area contributed by atoms with Gasteiger partial charge in [0.25, 0.3) is 0 Å². The molecule has 0 aromatic heterocycles. The van der Waals surface area contributed by atoms with Crippen molar-refractivity contribution in [2.24, 2.45) is 0 Å². The van der Waals surface area contributed by atoms with Crippen molar-refractivity contribution < 1.29 is 34.8 Å². The van der Waals surface area contributed by atoms with E-state index in [-0.39, 0.29) is 30.1 Å². The van der Waals surface area contributed by atoms with Gasteiger partial charge < -0.3 is 0 Å². The molecule has 38 heavy (non-hydrogen) atoms. The Kier molecular flexibility index (Phi) is 8.07. The van der Waals surface area contributed by atoms with Gasteiger partial charge in [0.1, 0.15) is 0 Å². The lowest BCUT2D eigenvalue weighted by Crippen LogP contribution is -2.46. The number of alkyl halides is 3. The zero-order valence-electron chi connectivity index (χ0n) is 20.1. The number of piperidine rings is 1. The van der Waals surface area contributed by atoms with E-state index in [4.69, 9.17) is 0 Å². The van der Waals surface area contributed by atoms with Crippen LogP contribution in [0, 0.1) is 0 Å². The third-order valence-electron chi connectivity index (χ3n) is 6.28. The maximum absolute atomic E-state index is 13.7.